The topological polar surface area (TPSA) is 106 Å². The number of carbonyl (C=O) groups is 1. The SMILES string of the molecule is CCn1cc(NC(=O)C/C(N)=N/O)cn1. The molecule has 7 nitrogen and oxygen atoms in total. The molecule has 0 fully saturated rings. The third-order valence-electron chi connectivity index (χ3n) is 1.71. The smallest absolute Gasteiger partial charge is 0.232 e. The maximum absolute atomic E-state index is 11.3. The lowest BCUT2D eigenvalue weighted by molar-refractivity contribution is -0.115. The van der Waals surface area contributed by atoms with E-state index >= 15 is 0 Å². The number of nitrogens with two attached hydrogens (primary N) is 1. The van der Waals surface area contributed by atoms with Crippen molar-refractivity contribution in [3.8, 4) is 0 Å². The van der Waals surface area contributed by atoms with E-state index in [0.29, 0.717) is 5.69 Å². The zero-order valence-electron chi connectivity index (χ0n) is 8.34. The normalized spacial score (nSPS) is 11.4. The van der Waals surface area contributed by atoms with Crippen molar-refractivity contribution in [2.45, 2.75) is 19.9 Å². The van der Waals surface area contributed by atoms with Gasteiger partial charge in [0.05, 0.1) is 18.3 Å². The highest BCUT2D eigenvalue weighted by Crippen LogP contribution is 2.04. The van der Waals surface area contributed by atoms with Crippen LogP contribution in [0.1, 0.15) is 13.3 Å². The molecular weight excluding hydrogens is 198 g/mol. The standard InChI is InChI=1S/C8H13N5O2/c1-2-13-5-6(4-10-13)11-8(14)3-7(9)12-15/h4-5,15H,2-3H2,1H3,(H2,9,12)(H,11,14). The molecule has 1 aromatic rings. The number of hydrogen-bond donors (Lipinski definition) is 3. The van der Waals surface area contributed by atoms with Crippen molar-refractivity contribution in [3.05, 3.63) is 12.4 Å². The third kappa shape index (κ3) is 3.29. The summed E-state index contributed by atoms with van der Waals surface area (Å²) in [6.45, 7) is 2.67. The van der Waals surface area contributed by atoms with Crippen LogP contribution in [0.3, 0.4) is 0 Å². The second kappa shape index (κ2) is 4.99. The summed E-state index contributed by atoms with van der Waals surface area (Å²) in [5.41, 5.74) is 5.77. The molecule has 7 heteroatoms. The van der Waals surface area contributed by atoms with E-state index in [2.05, 4.69) is 15.6 Å². The van der Waals surface area contributed by atoms with E-state index in [1.165, 1.54) is 6.20 Å². The fraction of sp³-hybridized carbons (Fsp3) is 0.375. The van der Waals surface area contributed by atoms with E-state index in [4.69, 9.17) is 10.9 Å². The molecule has 0 radical (unpaired) electrons. The minimum atomic E-state index is -0.346. The monoisotopic (exact) mass is 211 g/mol. The molecule has 0 aliphatic heterocycles. The summed E-state index contributed by atoms with van der Waals surface area (Å²) in [6, 6.07) is 0. The van der Waals surface area contributed by atoms with Gasteiger partial charge in [-0.1, -0.05) is 5.16 Å². The van der Waals surface area contributed by atoms with E-state index in [-0.39, 0.29) is 18.2 Å². The first kappa shape index (κ1) is 11.0. The van der Waals surface area contributed by atoms with Crippen molar-refractivity contribution in [1.29, 1.82) is 0 Å². The molecule has 4 N–H and O–H groups in total. The molecule has 15 heavy (non-hydrogen) atoms. The highest BCUT2D eigenvalue weighted by atomic mass is 16.4. The molecule has 0 atom stereocenters. The molecule has 0 aliphatic carbocycles. The Hall–Kier alpha value is -2.05. The van der Waals surface area contributed by atoms with Crippen LogP contribution in [0, 0.1) is 0 Å². The van der Waals surface area contributed by atoms with Crippen LogP contribution < -0.4 is 11.1 Å². The second-order valence-corrected chi connectivity index (χ2v) is 2.90. The van der Waals surface area contributed by atoms with Gasteiger partial charge in [-0.25, -0.2) is 0 Å². The number of oxime groups is 1. The van der Waals surface area contributed by atoms with Gasteiger partial charge in [0.15, 0.2) is 0 Å². The van der Waals surface area contributed by atoms with Gasteiger partial charge in [-0.15, -0.1) is 0 Å². The molecule has 82 valence electrons. The van der Waals surface area contributed by atoms with Crippen LogP contribution >= 0.6 is 0 Å². The zero-order valence-corrected chi connectivity index (χ0v) is 8.34. The molecule has 0 spiro atoms. The van der Waals surface area contributed by atoms with Crippen molar-refractivity contribution < 1.29 is 10.0 Å². The summed E-state index contributed by atoms with van der Waals surface area (Å²) in [7, 11) is 0. The third-order valence-corrected chi connectivity index (χ3v) is 1.71. The Morgan fingerprint density at radius 1 is 1.80 bits per heavy atom. The number of amidine groups is 1. The largest absolute Gasteiger partial charge is 0.409 e. The molecule has 0 unspecified atom stereocenters. The predicted octanol–water partition coefficient (Wildman–Crippen LogP) is -0.0220. The van der Waals surface area contributed by atoms with Gasteiger partial charge >= 0.3 is 0 Å². The molecule has 1 aromatic heterocycles. The first-order valence-corrected chi connectivity index (χ1v) is 4.44. The van der Waals surface area contributed by atoms with Gasteiger partial charge in [0.1, 0.15) is 5.84 Å². The molecule has 0 saturated carbocycles. The Morgan fingerprint density at radius 2 is 2.53 bits per heavy atom. The van der Waals surface area contributed by atoms with Crippen LogP contribution in [0.5, 0.6) is 0 Å². The Balaban J connectivity index is 2.51. The molecule has 0 aromatic carbocycles. The van der Waals surface area contributed by atoms with E-state index < -0.39 is 0 Å². The Labute approximate surface area is 86.6 Å². The van der Waals surface area contributed by atoms with Gasteiger partial charge in [-0.2, -0.15) is 5.10 Å². The maximum Gasteiger partial charge on any atom is 0.232 e. The van der Waals surface area contributed by atoms with Gasteiger partial charge < -0.3 is 16.3 Å². The zero-order chi connectivity index (χ0) is 11.3. The van der Waals surface area contributed by atoms with Crippen LogP contribution in [0.25, 0.3) is 0 Å². The molecule has 0 aliphatic rings. The number of hydrogen-bond acceptors (Lipinski definition) is 4. The van der Waals surface area contributed by atoms with E-state index in [9.17, 15) is 4.79 Å². The molecule has 0 saturated heterocycles. The summed E-state index contributed by atoms with van der Waals surface area (Å²) in [5.74, 6) is -0.476. The fourth-order valence-electron chi connectivity index (χ4n) is 1.01. The minimum Gasteiger partial charge on any atom is -0.409 e. The quantitative estimate of drug-likeness (QED) is 0.281. The fourth-order valence-corrected chi connectivity index (χ4v) is 1.01. The van der Waals surface area contributed by atoms with Gasteiger partial charge in [0, 0.05) is 12.7 Å². The van der Waals surface area contributed by atoms with Crippen LogP contribution in [-0.2, 0) is 11.3 Å². The highest BCUT2D eigenvalue weighted by molar-refractivity contribution is 6.04. The number of rotatable bonds is 4. The van der Waals surface area contributed by atoms with Crippen molar-refractivity contribution in [2.24, 2.45) is 10.9 Å². The number of nitrogens with one attached hydrogen (secondary N) is 1. The first-order valence-electron chi connectivity index (χ1n) is 4.44. The van der Waals surface area contributed by atoms with Gasteiger partial charge in [-0.3, -0.25) is 9.48 Å². The lowest BCUT2D eigenvalue weighted by Crippen LogP contribution is -2.21. The number of amides is 1. The molecule has 0 bridgehead atoms. The maximum atomic E-state index is 11.3. The average molecular weight is 211 g/mol. The molecule has 1 rings (SSSR count). The van der Waals surface area contributed by atoms with Gasteiger partial charge in [-0.05, 0) is 6.92 Å². The van der Waals surface area contributed by atoms with Crippen LogP contribution in [0.15, 0.2) is 17.5 Å². The second-order valence-electron chi connectivity index (χ2n) is 2.90. The molecule has 1 heterocycles. The van der Waals surface area contributed by atoms with E-state index in [1.54, 1.807) is 10.9 Å². The first-order chi connectivity index (χ1) is 7.15. The highest BCUT2D eigenvalue weighted by Gasteiger charge is 2.06. The lowest BCUT2D eigenvalue weighted by Gasteiger charge is -2.00. The van der Waals surface area contributed by atoms with Crippen molar-refractivity contribution >= 4 is 17.4 Å². The van der Waals surface area contributed by atoms with Crippen LogP contribution in [-0.4, -0.2) is 26.7 Å². The van der Waals surface area contributed by atoms with Crippen LogP contribution in [0.2, 0.25) is 0 Å². The average Bonchev–Trinajstić information content (AvgIpc) is 2.65. The van der Waals surface area contributed by atoms with Crippen molar-refractivity contribution in [3.63, 3.8) is 0 Å². The van der Waals surface area contributed by atoms with Crippen LogP contribution in [0.4, 0.5) is 5.69 Å². The summed E-state index contributed by atoms with van der Waals surface area (Å²) in [6.07, 6.45) is 3.09. The van der Waals surface area contributed by atoms with E-state index in [1.807, 2.05) is 6.92 Å². The number of carbonyl (C=O) groups excluding carboxylic acids is 1. The Morgan fingerprint density at radius 3 is 3.07 bits per heavy atom. The number of aryl methyl sites for hydroxylation is 1. The lowest BCUT2D eigenvalue weighted by atomic mass is 10.3. The summed E-state index contributed by atoms with van der Waals surface area (Å²) < 4.78 is 1.68. The van der Waals surface area contributed by atoms with Gasteiger partial charge in [0.25, 0.3) is 0 Å². The number of anilines is 1. The Bertz CT molecular complexity index is 371. The van der Waals surface area contributed by atoms with Crippen molar-refractivity contribution in [1.82, 2.24) is 9.78 Å². The number of nitrogens with zero attached hydrogens (tertiary/aromatic N) is 3. The van der Waals surface area contributed by atoms with E-state index in [0.717, 1.165) is 6.54 Å². The number of aromatic nitrogens is 2. The summed E-state index contributed by atoms with van der Waals surface area (Å²) in [5, 5.41) is 17.5. The predicted molar refractivity (Wildman–Crippen MR) is 54.6 cm³/mol. The minimum absolute atomic E-state index is 0.129. The summed E-state index contributed by atoms with van der Waals surface area (Å²) in [4.78, 5) is 11.3. The summed E-state index contributed by atoms with van der Waals surface area (Å²) >= 11 is 0. The van der Waals surface area contributed by atoms with Crippen molar-refractivity contribution in [2.75, 3.05) is 5.32 Å². The molecule has 1 amide bonds. The molecular formula is C8H13N5O2. The Kier molecular flexibility index (Phi) is 3.67. The van der Waals surface area contributed by atoms with Gasteiger partial charge in [0.2, 0.25) is 5.91 Å².